The van der Waals surface area contributed by atoms with E-state index in [1.54, 1.807) is 26.0 Å². The normalized spacial score (nSPS) is 14.7. The first kappa shape index (κ1) is 20.3. The first-order chi connectivity index (χ1) is 14.8. The van der Waals surface area contributed by atoms with E-state index in [0.29, 0.717) is 11.3 Å². The maximum absolute atomic E-state index is 13.7. The number of hydrogen-bond donors (Lipinski definition) is 1. The lowest BCUT2D eigenvalue weighted by Gasteiger charge is -2.12. The number of Topliss-reactive ketones (excluding diaryl/α,β-unsaturated/α-hetero) is 1. The van der Waals surface area contributed by atoms with Crippen LogP contribution in [0, 0.1) is 12.7 Å². The maximum Gasteiger partial charge on any atom is 0.259 e. The van der Waals surface area contributed by atoms with E-state index in [4.69, 9.17) is 4.84 Å². The number of aryl methyl sites for hydroxylation is 1. The van der Waals surface area contributed by atoms with Gasteiger partial charge in [-0.25, -0.2) is 9.37 Å². The molecular formula is C22H18FN5O3. The number of pyridine rings is 1. The summed E-state index contributed by atoms with van der Waals surface area (Å²) in [5, 5.41) is 6.44. The summed E-state index contributed by atoms with van der Waals surface area (Å²) >= 11 is 0. The standard InChI is InChI=1S/C22H18FN5O3/c1-12-4-5-13(19-20(29)22(2,3)31-28-19)8-15(12)17-10-26-18(11-25-17)27-21(30)14-6-7-24-9-16(14)23/h4-11H,1-3H3,(H,26,27,30). The van der Waals surface area contributed by atoms with E-state index in [1.807, 2.05) is 13.0 Å². The summed E-state index contributed by atoms with van der Waals surface area (Å²) in [7, 11) is 0. The highest BCUT2D eigenvalue weighted by molar-refractivity contribution is 6.49. The molecule has 0 fully saturated rings. The van der Waals surface area contributed by atoms with Crippen molar-refractivity contribution in [1.82, 2.24) is 15.0 Å². The van der Waals surface area contributed by atoms with Gasteiger partial charge in [0.1, 0.15) is 0 Å². The number of oxime groups is 1. The molecular weight excluding hydrogens is 401 g/mol. The Bertz CT molecular complexity index is 1220. The lowest BCUT2D eigenvalue weighted by atomic mass is 9.93. The van der Waals surface area contributed by atoms with E-state index in [1.165, 1.54) is 24.7 Å². The minimum Gasteiger partial charge on any atom is -0.381 e. The van der Waals surface area contributed by atoms with Crippen LogP contribution in [-0.4, -0.2) is 38.0 Å². The van der Waals surface area contributed by atoms with E-state index in [-0.39, 0.29) is 22.9 Å². The zero-order valence-corrected chi connectivity index (χ0v) is 17.0. The summed E-state index contributed by atoms with van der Waals surface area (Å²) in [5.74, 6) is -1.41. The molecule has 1 aliphatic rings. The van der Waals surface area contributed by atoms with E-state index < -0.39 is 17.3 Å². The molecule has 0 bridgehead atoms. The van der Waals surface area contributed by atoms with Crippen LogP contribution >= 0.6 is 0 Å². The Morgan fingerprint density at radius 1 is 1.13 bits per heavy atom. The van der Waals surface area contributed by atoms with Crippen LogP contribution < -0.4 is 5.32 Å². The van der Waals surface area contributed by atoms with Gasteiger partial charge in [0.25, 0.3) is 5.91 Å². The molecule has 0 aliphatic carbocycles. The molecule has 3 aromatic rings. The van der Waals surface area contributed by atoms with Crippen LogP contribution in [0.1, 0.15) is 35.3 Å². The second-order valence-electron chi connectivity index (χ2n) is 7.50. The Balaban J connectivity index is 1.58. The summed E-state index contributed by atoms with van der Waals surface area (Å²) in [6.07, 6.45) is 5.16. The van der Waals surface area contributed by atoms with Crippen LogP contribution in [0.25, 0.3) is 11.3 Å². The highest BCUT2D eigenvalue weighted by atomic mass is 19.1. The van der Waals surface area contributed by atoms with Gasteiger partial charge in [-0.15, -0.1) is 0 Å². The topological polar surface area (TPSA) is 106 Å². The lowest BCUT2D eigenvalue weighted by Crippen LogP contribution is -2.33. The number of anilines is 1. The molecule has 1 amide bonds. The number of aromatic nitrogens is 3. The van der Waals surface area contributed by atoms with Crippen molar-refractivity contribution in [1.29, 1.82) is 0 Å². The zero-order chi connectivity index (χ0) is 22.2. The molecule has 8 nitrogen and oxygen atoms in total. The molecule has 0 spiro atoms. The Hall–Kier alpha value is -4.01. The molecule has 0 unspecified atom stereocenters. The van der Waals surface area contributed by atoms with Gasteiger partial charge in [0, 0.05) is 17.3 Å². The summed E-state index contributed by atoms with van der Waals surface area (Å²) in [6, 6.07) is 6.73. The van der Waals surface area contributed by atoms with Crippen LogP contribution in [-0.2, 0) is 9.63 Å². The SMILES string of the molecule is Cc1ccc(C2=NOC(C)(C)C2=O)cc1-c1cnc(NC(=O)c2ccncc2F)cn1. The molecule has 4 rings (SSSR count). The minimum atomic E-state index is -0.992. The third kappa shape index (κ3) is 3.89. The van der Waals surface area contributed by atoms with Crippen molar-refractivity contribution in [2.75, 3.05) is 5.32 Å². The van der Waals surface area contributed by atoms with Crippen LogP contribution in [0.4, 0.5) is 10.2 Å². The summed E-state index contributed by atoms with van der Waals surface area (Å²) in [4.78, 5) is 42.1. The predicted octanol–water partition coefficient (Wildman–Crippen LogP) is 3.32. The summed E-state index contributed by atoms with van der Waals surface area (Å²) < 4.78 is 13.7. The average molecular weight is 419 g/mol. The highest BCUT2D eigenvalue weighted by Crippen LogP contribution is 2.27. The van der Waals surface area contributed by atoms with Crippen molar-refractivity contribution < 1.29 is 18.8 Å². The van der Waals surface area contributed by atoms with Crippen molar-refractivity contribution in [2.24, 2.45) is 5.16 Å². The van der Waals surface area contributed by atoms with Gasteiger partial charge in [0.2, 0.25) is 5.78 Å². The van der Waals surface area contributed by atoms with Crippen LogP contribution in [0.15, 0.2) is 54.2 Å². The fraction of sp³-hybridized carbons (Fsp3) is 0.182. The number of carbonyl (C=O) groups is 2. The van der Waals surface area contributed by atoms with Crippen molar-refractivity contribution in [3.63, 3.8) is 0 Å². The Kier molecular flexibility index (Phi) is 5.02. The maximum atomic E-state index is 13.7. The highest BCUT2D eigenvalue weighted by Gasteiger charge is 2.40. The van der Waals surface area contributed by atoms with Crippen molar-refractivity contribution in [3.8, 4) is 11.3 Å². The molecule has 1 aliphatic heterocycles. The number of amides is 1. The van der Waals surface area contributed by atoms with E-state index >= 15 is 0 Å². The van der Waals surface area contributed by atoms with E-state index in [9.17, 15) is 14.0 Å². The van der Waals surface area contributed by atoms with Crippen molar-refractivity contribution in [2.45, 2.75) is 26.4 Å². The van der Waals surface area contributed by atoms with Gasteiger partial charge in [-0.3, -0.25) is 19.6 Å². The van der Waals surface area contributed by atoms with E-state index in [0.717, 1.165) is 17.3 Å². The third-order valence-electron chi connectivity index (χ3n) is 4.82. The monoisotopic (exact) mass is 419 g/mol. The second kappa shape index (κ2) is 7.67. The van der Waals surface area contributed by atoms with Crippen molar-refractivity contribution in [3.05, 3.63) is 71.6 Å². The van der Waals surface area contributed by atoms with Crippen LogP contribution in [0.2, 0.25) is 0 Å². The van der Waals surface area contributed by atoms with Gasteiger partial charge in [-0.2, -0.15) is 0 Å². The molecule has 31 heavy (non-hydrogen) atoms. The number of halogens is 1. The quantitative estimate of drug-likeness (QED) is 0.695. The third-order valence-corrected chi connectivity index (χ3v) is 4.82. The molecule has 0 radical (unpaired) electrons. The number of nitrogens with one attached hydrogen (secondary N) is 1. The smallest absolute Gasteiger partial charge is 0.259 e. The number of ketones is 1. The first-order valence-electron chi connectivity index (χ1n) is 9.41. The predicted molar refractivity (Wildman–Crippen MR) is 111 cm³/mol. The number of carbonyl (C=O) groups excluding carboxylic acids is 2. The summed E-state index contributed by atoms with van der Waals surface area (Å²) in [6.45, 7) is 5.23. The Morgan fingerprint density at radius 2 is 1.94 bits per heavy atom. The average Bonchev–Trinajstić information content (AvgIpc) is 3.02. The molecule has 156 valence electrons. The number of hydrogen-bond acceptors (Lipinski definition) is 7. The number of benzene rings is 1. The van der Waals surface area contributed by atoms with Crippen LogP contribution in [0.3, 0.4) is 0 Å². The molecule has 0 saturated carbocycles. The molecule has 0 saturated heterocycles. The van der Waals surface area contributed by atoms with Crippen molar-refractivity contribution >= 4 is 23.2 Å². The summed E-state index contributed by atoms with van der Waals surface area (Å²) in [5.41, 5.74) is 1.94. The largest absolute Gasteiger partial charge is 0.381 e. The molecule has 0 atom stereocenters. The molecule has 3 heterocycles. The van der Waals surface area contributed by atoms with Gasteiger partial charge in [0.15, 0.2) is 22.9 Å². The molecule has 9 heteroatoms. The van der Waals surface area contributed by atoms with Gasteiger partial charge in [-0.1, -0.05) is 17.3 Å². The second-order valence-corrected chi connectivity index (χ2v) is 7.50. The first-order valence-corrected chi connectivity index (χ1v) is 9.41. The van der Waals surface area contributed by atoms with E-state index in [2.05, 4.69) is 25.4 Å². The van der Waals surface area contributed by atoms with Gasteiger partial charge in [-0.05, 0) is 38.5 Å². The van der Waals surface area contributed by atoms with Gasteiger partial charge >= 0.3 is 0 Å². The molecule has 2 aromatic heterocycles. The molecule has 1 aromatic carbocycles. The Morgan fingerprint density at radius 3 is 2.58 bits per heavy atom. The lowest BCUT2D eigenvalue weighted by molar-refractivity contribution is -0.128. The fourth-order valence-electron chi connectivity index (χ4n) is 3.03. The number of rotatable bonds is 4. The van der Waals surface area contributed by atoms with Gasteiger partial charge < -0.3 is 10.2 Å². The minimum absolute atomic E-state index is 0.142. The number of nitrogens with zero attached hydrogens (tertiary/aromatic N) is 4. The Labute approximate surface area is 177 Å². The molecule has 1 N–H and O–H groups in total. The van der Waals surface area contributed by atoms with Crippen LogP contribution in [0.5, 0.6) is 0 Å². The fourth-order valence-corrected chi connectivity index (χ4v) is 3.03. The zero-order valence-electron chi connectivity index (χ0n) is 17.0. The van der Waals surface area contributed by atoms with Gasteiger partial charge in [0.05, 0.1) is 29.8 Å².